The smallest absolute Gasteiger partial charge is 0.294 e. The third-order valence-corrected chi connectivity index (χ3v) is 3.19. The van der Waals surface area contributed by atoms with E-state index in [4.69, 9.17) is 0 Å². The van der Waals surface area contributed by atoms with Crippen LogP contribution in [0.25, 0.3) is 0 Å². The Morgan fingerprint density at radius 3 is 1.53 bits per heavy atom. The molecule has 0 aliphatic heterocycles. The lowest BCUT2D eigenvalue weighted by molar-refractivity contribution is -0.757. The molecule has 0 aliphatic carbocycles. The predicted octanol–water partition coefficient (Wildman–Crippen LogP) is 5.06. The number of unbranched alkanes of at least 4 members (excludes halogenated alkanes) is 11. The molecule has 0 amide bonds. The molecule has 3 N–H and O–H groups in total. The number of nitrogens with zero attached hydrogens (tertiary/aromatic N) is 1. The van der Waals surface area contributed by atoms with Gasteiger partial charge in [-0.1, -0.05) is 77.6 Å². The Bertz CT molecular complexity index is 190. The molecular formula is C14H32N2O3. The van der Waals surface area contributed by atoms with E-state index in [0.717, 1.165) is 12.8 Å². The van der Waals surface area contributed by atoms with Gasteiger partial charge in [-0.25, -0.2) is 0 Å². The maximum Gasteiger partial charge on any atom is 0.294 e. The van der Waals surface area contributed by atoms with Gasteiger partial charge in [-0.3, -0.25) is 0 Å². The van der Waals surface area contributed by atoms with Gasteiger partial charge in [0.05, 0.1) is 6.61 Å². The lowest BCUT2D eigenvalue weighted by atomic mass is 10.1. The monoisotopic (exact) mass is 276 g/mol. The van der Waals surface area contributed by atoms with E-state index in [0.29, 0.717) is 0 Å². The summed E-state index contributed by atoms with van der Waals surface area (Å²) < 4.78 is 0. The second-order valence-corrected chi connectivity index (χ2v) is 4.95. The summed E-state index contributed by atoms with van der Waals surface area (Å²) in [5.74, 6) is 0. The fraction of sp³-hybridized carbons (Fsp3) is 1.00. The average Bonchev–Trinajstić information content (AvgIpc) is 2.34. The van der Waals surface area contributed by atoms with Crippen LogP contribution in [0.2, 0.25) is 0 Å². The predicted molar refractivity (Wildman–Crippen MR) is 79.0 cm³/mol. The molecule has 0 fully saturated rings. The van der Waals surface area contributed by atoms with E-state index in [1.54, 1.807) is 0 Å². The fourth-order valence-corrected chi connectivity index (χ4v) is 2.08. The molecule has 0 aromatic rings. The Hall–Kier alpha value is -0.840. The highest BCUT2D eigenvalue weighted by atomic mass is 16.9. The summed E-state index contributed by atoms with van der Waals surface area (Å²) in [6.45, 7) is 2.50. The summed E-state index contributed by atoms with van der Waals surface area (Å²) in [5.41, 5.74) is 0. The molecule has 116 valence electrons. The Labute approximate surface area is 117 Å². The number of hydrogen-bond acceptors (Lipinski definition) is 4. The van der Waals surface area contributed by atoms with Gasteiger partial charge in [0, 0.05) is 0 Å². The zero-order valence-electron chi connectivity index (χ0n) is 12.6. The zero-order valence-corrected chi connectivity index (χ0v) is 12.6. The second kappa shape index (κ2) is 17.2. The van der Waals surface area contributed by atoms with Gasteiger partial charge < -0.3 is 11.0 Å². The van der Waals surface area contributed by atoms with E-state index in [1.807, 2.05) is 0 Å². The van der Waals surface area contributed by atoms with Crippen LogP contribution in [0, 0.1) is 10.1 Å². The molecule has 0 aromatic carbocycles. The summed E-state index contributed by atoms with van der Waals surface area (Å²) in [5, 5.41) is 9.17. The van der Waals surface area contributed by atoms with E-state index in [1.165, 1.54) is 64.2 Å². The van der Waals surface area contributed by atoms with Crippen molar-refractivity contribution < 1.29 is 9.92 Å². The van der Waals surface area contributed by atoms with Gasteiger partial charge in [0.2, 0.25) is 0 Å². The van der Waals surface area contributed by atoms with Gasteiger partial charge >= 0.3 is 0 Å². The second-order valence-electron chi connectivity index (χ2n) is 4.95. The molecule has 0 saturated carbocycles. The number of hydrogen-bond donors (Lipinski definition) is 1. The van der Waals surface area contributed by atoms with Crippen LogP contribution in [0.3, 0.4) is 0 Å². The minimum Gasteiger partial charge on any atom is -0.344 e. The summed E-state index contributed by atoms with van der Waals surface area (Å²) in [7, 11) is 0. The highest BCUT2D eigenvalue weighted by Crippen LogP contribution is 2.11. The Kier molecular flexibility index (Phi) is 18.5. The summed E-state index contributed by atoms with van der Waals surface area (Å²) in [4.78, 5) is 14.1. The third kappa shape index (κ3) is 19.7. The lowest BCUT2D eigenvalue weighted by Crippen LogP contribution is -2.01. The molecule has 19 heavy (non-hydrogen) atoms. The Morgan fingerprint density at radius 2 is 1.16 bits per heavy atom. The third-order valence-electron chi connectivity index (χ3n) is 3.19. The van der Waals surface area contributed by atoms with Crippen LogP contribution in [-0.2, 0) is 4.84 Å². The van der Waals surface area contributed by atoms with Crippen LogP contribution in [0.15, 0.2) is 0 Å². The summed E-state index contributed by atoms with van der Waals surface area (Å²) in [6, 6.07) is 0. The summed E-state index contributed by atoms with van der Waals surface area (Å²) in [6.07, 6.45) is 15.2. The standard InChI is InChI=1S/C14H29NO3.H3N/c1-2-3-4-5-6-7-8-9-10-11-12-13-14-18-15(16)17;/h2-14H2,1H3;1H3. The van der Waals surface area contributed by atoms with Crippen molar-refractivity contribution in [1.29, 1.82) is 0 Å². The van der Waals surface area contributed by atoms with Crippen LogP contribution < -0.4 is 6.15 Å². The molecule has 0 aromatic heterocycles. The highest BCUT2D eigenvalue weighted by molar-refractivity contribution is 4.48. The minimum atomic E-state index is -0.710. The van der Waals surface area contributed by atoms with Crippen molar-refractivity contribution in [3.8, 4) is 0 Å². The molecule has 0 atom stereocenters. The fourth-order valence-electron chi connectivity index (χ4n) is 2.08. The maximum absolute atomic E-state index is 9.88. The maximum atomic E-state index is 9.88. The molecule has 0 radical (unpaired) electrons. The van der Waals surface area contributed by atoms with Crippen LogP contribution in [0.1, 0.15) is 84.0 Å². The van der Waals surface area contributed by atoms with Crippen molar-refractivity contribution in [3.05, 3.63) is 10.1 Å². The molecule has 5 heteroatoms. The normalized spacial score (nSPS) is 9.95. The van der Waals surface area contributed by atoms with Gasteiger partial charge in [-0.15, -0.1) is 10.1 Å². The van der Waals surface area contributed by atoms with Crippen molar-refractivity contribution in [3.63, 3.8) is 0 Å². The first-order valence-electron chi connectivity index (χ1n) is 7.54. The van der Waals surface area contributed by atoms with E-state index >= 15 is 0 Å². The Balaban J connectivity index is 0. The zero-order chi connectivity index (χ0) is 13.5. The van der Waals surface area contributed by atoms with Crippen LogP contribution in [0.5, 0.6) is 0 Å². The van der Waals surface area contributed by atoms with Gasteiger partial charge in [-0.05, 0) is 6.42 Å². The molecule has 0 saturated heterocycles. The van der Waals surface area contributed by atoms with E-state index in [2.05, 4.69) is 11.8 Å². The minimum absolute atomic E-state index is 0. The topological polar surface area (TPSA) is 87.4 Å². The largest absolute Gasteiger partial charge is 0.344 e. The van der Waals surface area contributed by atoms with Crippen LogP contribution in [0.4, 0.5) is 0 Å². The first-order chi connectivity index (χ1) is 8.77. The molecule has 0 unspecified atom stereocenters. The molecule has 0 heterocycles. The quantitative estimate of drug-likeness (QED) is 0.273. The SMILES string of the molecule is CCCCCCCCCCCCCCO[N+](=O)[O-].N. The number of rotatable bonds is 14. The van der Waals surface area contributed by atoms with Crippen molar-refractivity contribution >= 4 is 0 Å². The van der Waals surface area contributed by atoms with Gasteiger partial charge in [0.25, 0.3) is 5.09 Å². The van der Waals surface area contributed by atoms with E-state index < -0.39 is 5.09 Å². The summed E-state index contributed by atoms with van der Waals surface area (Å²) >= 11 is 0. The molecule has 0 bridgehead atoms. The van der Waals surface area contributed by atoms with Crippen molar-refractivity contribution in [2.45, 2.75) is 84.0 Å². The molecular weight excluding hydrogens is 244 g/mol. The first kappa shape index (κ1) is 20.5. The highest BCUT2D eigenvalue weighted by Gasteiger charge is 1.95. The van der Waals surface area contributed by atoms with Crippen LogP contribution in [-0.4, -0.2) is 11.7 Å². The average molecular weight is 276 g/mol. The molecule has 0 spiro atoms. The van der Waals surface area contributed by atoms with Crippen molar-refractivity contribution in [1.82, 2.24) is 6.15 Å². The Morgan fingerprint density at radius 1 is 0.789 bits per heavy atom. The molecule has 0 aliphatic rings. The van der Waals surface area contributed by atoms with Crippen LogP contribution >= 0.6 is 0 Å². The van der Waals surface area contributed by atoms with E-state index in [9.17, 15) is 10.1 Å². The van der Waals surface area contributed by atoms with Gasteiger partial charge in [0.15, 0.2) is 0 Å². The van der Waals surface area contributed by atoms with Gasteiger partial charge in [0.1, 0.15) is 0 Å². The van der Waals surface area contributed by atoms with Gasteiger partial charge in [-0.2, -0.15) is 0 Å². The first-order valence-corrected chi connectivity index (χ1v) is 7.54. The van der Waals surface area contributed by atoms with E-state index in [-0.39, 0.29) is 12.8 Å². The van der Waals surface area contributed by atoms with Crippen molar-refractivity contribution in [2.75, 3.05) is 6.61 Å². The molecule has 5 nitrogen and oxygen atoms in total. The molecule has 0 rings (SSSR count). The lowest BCUT2D eigenvalue weighted by Gasteiger charge is -2.02. The van der Waals surface area contributed by atoms with Crippen molar-refractivity contribution in [2.24, 2.45) is 0 Å².